The van der Waals surface area contributed by atoms with E-state index in [0.717, 1.165) is 29.5 Å². The number of rotatable bonds is 2. The molecule has 1 aromatic rings. The highest BCUT2D eigenvalue weighted by Crippen LogP contribution is 2.18. The van der Waals surface area contributed by atoms with E-state index in [1.165, 1.54) is 0 Å². The first kappa shape index (κ1) is 11.9. The molecule has 0 unspecified atom stereocenters. The lowest BCUT2D eigenvalue weighted by Crippen LogP contribution is -2.39. The number of hydrogen-bond acceptors (Lipinski definition) is 2. The summed E-state index contributed by atoms with van der Waals surface area (Å²) < 4.78 is 1.05. The van der Waals surface area contributed by atoms with Gasteiger partial charge in [0.2, 0.25) is 0 Å². The maximum absolute atomic E-state index is 12.0. The minimum atomic E-state index is 0.0688. The van der Waals surface area contributed by atoms with Gasteiger partial charge in [0.15, 0.2) is 0 Å². The standard InChI is InChI=1S/C11H15IN2O2/c12-9-5-10(13-6-9)11(16)14-3-1-8(7-15)2-4-14/h5-6,8,13,15H,1-4,7H2. The Morgan fingerprint density at radius 3 is 2.75 bits per heavy atom. The molecule has 4 nitrogen and oxygen atoms in total. The quantitative estimate of drug-likeness (QED) is 0.805. The first-order chi connectivity index (χ1) is 7.70. The van der Waals surface area contributed by atoms with Crippen LogP contribution in [-0.2, 0) is 0 Å². The van der Waals surface area contributed by atoms with E-state index < -0.39 is 0 Å². The van der Waals surface area contributed by atoms with E-state index in [1.54, 1.807) is 0 Å². The molecule has 0 saturated carbocycles. The van der Waals surface area contributed by atoms with Gasteiger partial charge >= 0.3 is 0 Å². The molecule has 1 saturated heterocycles. The number of aliphatic hydroxyl groups is 1. The second-order valence-corrected chi connectivity index (χ2v) is 5.40. The second-order valence-electron chi connectivity index (χ2n) is 4.15. The van der Waals surface area contributed by atoms with Crippen LogP contribution in [-0.4, -0.2) is 40.6 Å². The zero-order chi connectivity index (χ0) is 11.5. The van der Waals surface area contributed by atoms with Crippen LogP contribution in [0.3, 0.4) is 0 Å². The predicted molar refractivity (Wildman–Crippen MR) is 69.2 cm³/mol. The largest absolute Gasteiger partial charge is 0.396 e. The zero-order valence-electron chi connectivity index (χ0n) is 8.95. The Morgan fingerprint density at radius 2 is 2.25 bits per heavy atom. The molecule has 2 N–H and O–H groups in total. The molecule has 2 rings (SSSR count). The van der Waals surface area contributed by atoms with Crippen molar-refractivity contribution < 1.29 is 9.90 Å². The minimum absolute atomic E-state index is 0.0688. The lowest BCUT2D eigenvalue weighted by molar-refractivity contribution is 0.0646. The van der Waals surface area contributed by atoms with Gasteiger partial charge in [-0.3, -0.25) is 4.79 Å². The van der Waals surface area contributed by atoms with E-state index in [9.17, 15) is 4.79 Å². The van der Waals surface area contributed by atoms with E-state index >= 15 is 0 Å². The number of aromatic amines is 1. The molecule has 0 bridgehead atoms. The van der Waals surface area contributed by atoms with Crippen LogP contribution in [0, 0.1) is 9.49 Å². The Hall–Kier alpha value is -0.560. The van der Waals surface area contributed by atoms with Crippen LogP contribution in [0.5, 0.6) is 0 Å². The lowest BCUT2D eigenvalue weighted by Gasteiger charge is -2.30. The fraction of sp³-hybridized carbons (Fsp3) is 0.545. The Kier molecular flexibility index (Phi) is 3.86. The third kappa shape index (κ3) is 2.57. The maximum atomic E-state index is 12.0. The molecule has 88 valence electrons. The molecule has 0 spiro atoms. The van der Waals surface area contributed by atoms with Gasteiger partial charge in [-0.05, 0) is 47.4 Å². The summed E-state index contributed by atoms with van der Waals surface area (Å²) in [5, 5.41) is 9.03. The van der Waals surface area contributed by atoms with Crippen LogP contribution in [0.25, 0.3) is 0 Å². The minimum Gasteiger partial charge on any atom is -0.396 e. The number of hydrogen-bond donors (Lipinski definition) is 2. The highest BCUT2D eigenvalue weighted by Gasteiger charge is 2.23. The number of likely N-dealkylation sites (tertiary alicyclic amines) is 1. The summed E-state index contributed by atoms with van der Waals surface area (Å²) in [4.78, 5) is 16.9. The van der Waals surface area contributed by atoms with Crippen LogP contribution in [0.15, 0.2) is 12.3 Å². The highest BCUT2D eigenvalue weighted by molar-refractivity contribution is 14.1. The van der Waals surface area contributed by atoms with E-state index in [4.69, 9.17) is 5.11 Å². The number of H-pyrrole nitrogens is 1. The first-order valence-electron chi connectivity index (χ1n) is 5.44. The average Bonchev–Trinajstić information content (AvgIpc) is 2.75. The lowest BCUT2D eigenvalue weighted by atomic mass is 9.98. The van der Waals surface area contributed by atoms with Crippen molar-refractivity contribution in [1.29, 1.82) is 0 Å². The van der Waals surface area contributed by atoms with Gasteiger partial charge in [-0.1, -0.05) is 0 Å². The highest BCUT2D eigenvalue weighted by atomic mass is 127. The van der Waals surface area contributed by atoms with Gasteiger partial charge in [-0.2, -0.15) is 0 Å². The van der Waals surface area contributed by atoms with Gasteiger partial charge < -0.3 is 15.0 Å². The van der Waals surface area contributed by atoms with Crippen molar-refractivity contribution >= 4 is 28.5 Å². The summed E-state index contributed by atoms with van der Waals surface area (Å²) in [5.74, 6) is 0.437. The number of nitrogens with one attached hydrogen (secondary N) is 1. The summed E-state index contributed by atoms with van der Waals surface area (Å²) in [6, 6.07) is 1.86. The summed E-state index contributed by atoms with van der Waals surface area (Å²) in [6.07, 6.45) is 3.63. The van der Waals surface area contributed by atoms with Crippen LogP contribution in [0.2, 0.25) is 0 Å². The molecule has 1 aromatic heterocycles. The Labute approximate surface area is 108 Å². The summed E-state index contributed by atoms with van der Waals surface area (Å²) >= 11 is 2.18. The Balaban J connectivity index is 1.96. The summed E-state index contributed by atoms with van der Waals surface area (Å²) in [7, 11) is 0. The third-order valence-electron chi connectivity index (χ3n) is 3.04. The van der Waals surface area contributed by atoms with Crippen LogP contribution < -0.4 is 0 Å². The molecule has 0 atom stereocenters. The van der Waals surface area contributed by atoms with Gasteiger partial charge in [0, 0.05) is 29.5 Å². The molecule has 1 amide bonds. The van der Waals surface area contributed by atoms with Crippen LogP contribution in [0.4, 0.5) is 0 Å². The van der Waals surface area contributed by atoms with Crippen LogP contribution in [0.1, 0.15) is 23.3 Å². The molecule has 2 heterocycles. The smallest absolute Gasteiger partial charge is 0.270 e. The molecule has 0 radical (unpaired) electrons. The third-order valence-corrected chi connectivity index (χ3v) is 3.66. The fourth-order valence-electron chi connectivity index (χ4n) is 1.98. The van der Waals surface area contributed by atoms with E-state index in [2.05, 4.69) is 27.6 Å². The van der Waals surface area contributed by atoms with E-state index in [-0.39, 0.29) is 12.5 Å². The van der Waals surface area contributed by atoms with E-state index in [0.29, 0.717) is 11.6 Å². The summed E-state index contributed by atoms with van der Waals surface area (Å²) in [5.41, 5.74) is 0.659. The molecule has 16 heavy (non-hydrogen) atoms. The fourth-order valence-corrected chi connectivity index (χ4v) is 2.45. The number of carbonyl (C=O) groups excluding carboxylic acids is 1. The number of piperidine rings is 1. The molecule has 1 aliphatic heterocycles. The van der Waals surface area contributed by atoms with Gasteiger partial charge in [0.25, 0.3) is 5.91 Å². The SMILES string of the molecule is O=C(c1cc(I)c[nH]1)N1CCC(CO)CC1. The van der Waals surface area contributed by atoms with Gasteiger partial charge in [0.1, 0.15) is 5.69 Å². The number of halogens is 1. The monoisotopic (exact) mass is 334 g/mol. The van der Waals surface area contributed by atoms with Crippen molar-refractivity contribution in [3.05, 3.63) is 21.5 Å². The molecule has 0 aromatic carbocycles. The van der Waals surface area contributed by atoms with Crippen molar-refractivity contribution in [2.45, 2.75) is 12.8 Å². The zero-order valence-corrected chi connectivity index (χ0v) is 11.1. The molecule has 5 heteroatoms. The summed E-state index contributed by atoms with van der Waals surface area (Å²) in [6.45, 7) is 1.74. The second kappa shape index (κ2) is 5.18. The first-order valence-corrected chi connectivity index (χ1v) is 6.52. The number of amides is 1. The number of carbonyl (C=O) groups is 1. The van der Waals surface area contributed by atoms with Crippen LogP contribution >= 0.6 is 22.6 Å². The topological polar surface area (TPSA) is 56.3 Å². The molecular weight excluding hydrogens is 319 g/mol. The number of aliphatic hydroxyl groups excluding tert-OH is 1. The van der Waals surface area contributed by atoms with Crippen molar-refractivity contribution in [2.75, 3.05) is 19.7 Å². The van der Waals surface area contributed by atoms with E-state index in [1.807, 2.05) is 17.2 Å². The van der Waals surface area contributed by atoms with Gasteiger partial charge in [0.05, 0.1) is 0 Å². The van der Waals surface area contributed by atoms with Crippen molar-refractivity contribution in [3.8, 4) is 0 Å². The average molecular weight is 334 g/mol. The normalized spacial score (nSPS) is 17.8. The van der Waals surface area contributed by atoms with Gasteiger partial charge in [-0.25, -0.2) is 0 Å². The maximum Gasteiger partial charge on any atom is 0.270 e. The predicted octanol–water partition coefficient (Wildman–Crippen LogP) is 1.46. The van der Waals surface area contributed by atoms with Crippen molar-refractivity contribution in [2.24, 2.45) is 5.92 Å². The molecule has 0 aliphatic carbocycles. The van der Waals surface area contributed by atoms with Crippen molar-refractivity contribution in [1.82, 2.24) is 9.88 Å². The van der Waals surface area contributed by atoms with Gasteiger partial charge in [-0.15, -0.1) is 0 Å². The number of aromatic nitrogens is 1. The van der Waals surface area contributed by atoms with Crippen molar-refractivity contribution in [3.63, 3.8) is 0 Å². The Bertz CT molecular complexity index is 370. The molecular formula is C11H15IN2O2. The molecule has 1 fully saturated rings. The Morgan fingerprint density at radius 1 is 1.56 bits per heavy atom. The number of nitrogens with zero attached hydrogens (tertiary/aromatic N) is 1. The molecule has 1 aliphatic rings.